The molecule has 0 aliphatic heterocycles. The van der Waals surface area contributed by atoms with Gasteiger partial charge < -0.3 is 9.47 Å². The topological polar surface area (TPSA) is 18.5 Å². The first-order chi connectivity index (χ1) is 11.7. The Morgan fingerprint density at radius 3 is 1.50 bits per heavy atom. The van der Waals surface area contributed by atoms with Crippen LogP contribution in [0.2, 0.25) is 0 Å². The van der Waals surface area contributed by atoms with Crippen LogP contribution in [0.25, 0.3) is 21.5 Å². The van der Waals surface area contributed by atoms with Gasteiger partial charge in [0.1, 0.15) is 24.7 Å². The molecule has 0 N–H and O–H groups in total. The molecule has 0 spiro atoms. The molecule has 0 aliphatic carbocycles. The molecule has 0 aromatic heterocycles. The third-order valence-electron chi connectivity index (χ3n) is 4.33. The van der Waals surface area contributed by atoms with Gasteiger partial charge >= 0.3 is 0 Å². The Morgan fingerprint density at radius 1 is 0.708 bits per heavy atom. The number of hydrogen-bond donors (Lipinski definition) is 0. The van der Waals surface area contributed by atoms with Crippen LogP contribution in [0.1, 0.15) is 11.1 Å². The standard InChI is InChI=1S/C22H22O2/c1-5-11-23-17-7-9-19-16(4)22-14-18(24-12-6-2)8-10-20(22)15(3)21(19)13-17/h5-10,13-14H,1-2,11-12H2,3-4H3. The summed E-state index contributed by atoms with van der Waals surface area (Å²) in [6.45, 7) is 12.7. The second kappa shape index (κ2) is 6.79. The zero-order valence-electron chi connectivity index (χ0n) is 14.3. The van der Waals surface area contributed by atoms with E-state index in [1.807, 2.05) is 12.1 Å². The maximum Gasteiger partial charge on any atom is 0.120 e. The van der Waals surface area contributed by atoms with Gasteiger partial charge in [-0.25, -0.2) is 0 Å². The van der Waals surface area contributed by atoms with Crippen LogP contribution in [0.5, 0.6) is 11.5 Å². The van der Waals surface area contributed by atoms with Gasteiger partial charge in [-0.15, -0.1) is 0 Å². The van der Waals surface area contributed by atoms with Crippen molar-refractivity contribution in [3.8, 4) is 11.5 Å². The Bertz CT molecular complexity index is 845. The number of benzene rings is 3. The van der Waals surface area contributed by atoms with Gasteiger partial charge in [0.25, 0.3) is 0 Å². The molecule has 0 saturated heterocycles. The summed E-state index contributed by atoms with van der Waals surface area (Å²) in [7, 11) is 0. The summed E-state index contributed by atoms with van der Waals surface area (Å²) in [5, 5.41) is 4.93. The fraction of sp³-hybridized carbons (Fsp3) is 0.182. The minimum atomic E-state index is 0.515. The average Bonchev–Trinajstić information content (AvgIpc) is 2.62. The van der Waals surface area contributed by atoms with E-state index in [4.69, 9.17) is 9.47 Å². The van der Waals surface area contributed by atoms with Crippen LogP contribution in [-0.2, 0) is 0 Å². The first kappa shape index (κ1) is 16.1. The number of ether oxygens (including phenoxy) is 2. The highest BCUT2D eigenvalue weighted by Crippen LogP contribution is 2.35. The Kier molecular flexibility index (Phi) is 4.57. The predicted octanol–water partition coefficient (Wildman–Crippen LogP) is 5.74. The van der Waals surface area contributed by atoms with Crippen molar-refractivity contribution in [2.75, 3.05) is 13.2 Å². The molecule has 0 atom stereocenters. The Labute approximate surface area is 143 Å². The van der Waals surface area contributed by atoms with Crippen molar-refractivity contribution in [3.05, 3.63) is 72.8 Å². The molecule has 122 valence electrons. The fourth-order valence-electron chi connectivity index (χ4n) is 3.10. The quantitative estimate of drug-likeness (QED) is 0.426. The van der Waals surface area contributed by atoms with E-state index in [1.165, 1.54) is 32.7 Å². The van der Waals surface area contributed by atoms with E-state index in [0.29, 0.717) is 13.2 Å². The van der Waals surface area contributed by atoms with Crippen molar-refractivity contribution in [1.82, 2.24) is 0 Å². The number of hydrogen-bond acceptors (Lipinski definition) is 2. The Balaban J connectivity index is 2.18. The van der Waals surface area contributed by atoms with Crippen molar-refractivity contribution in [3.63, 3.8) is 0 Å². The van der Waals surface area contributed by atoms with Crippen molar-refractivity contribution in [2.24, 2.45) is 0 Å². The van der Waals surface area contributed by atoms with Crippen LogP contribution >= 0.6 is 0 Å². The molecule has 0 aliphatic rings. The second-order valence-corrected chi connectivity index (χ2v) is 5.86. The lowest BCUT2D eigenvalue weighted by Crippen LogP contribution is -1.95. The van der Waals surface area contributed by atoms with Crippen LogP contribution in [0.3, 0.4) is 0 Å². The first-order valence-electron chi connectivity index (χ1n) is 8.09. The smallest absolute Gasteiger partial charge is 0.120 e. The molecule has 3 aromatic rings. The van der Waals surface area contributed by atoms with Crippen molar-refractivity contribution < 1.29 is 9.47 Å². The third kappa shape index (κ3) is 2.88. The van der Waals surface area contributed by atoms with Gasteiger partial charge in [-0.2, -0.15) is 0 Å². The van der Waals surface area contributed by atoms with Crippen LogP contribution in [0.15, 0.2) is 61.7 Å². The maximum atomic E-state index is 5.69. The lowest BCUT2D eigenvalue weighted by molar-refractivity contribution is 0.363. The Morgan fingerprint density at radius 2 is 1.12 bits per heavy atom. The summed E-state index contributed by atoms with van der Waals surface area (Å²) in [6.07, 6.45) is 3.51. The van der Waals surface area contributed by atoms with Crippen LogP contribution < -0.4 is 9.47 Å². The van der Waals surface area contributed by atoms with Crippen molar-refractivity contribution in [1.29, 1.82) is 0 Å². The minimum Gasteiger partial charge on any atom is -0.490 e. The van der Waals surface area contributed by atoms with E-state index in [9.17, 15) is 0 Å². The number of aryl methyl sites for hydroxylation is 2. The van der Waals surface area contributed by atoms with Gasteiger partial charge in [0.2, 0.25) is 0 Å². The largest absolute Gasteiger partial charge is 0.490 e. The summed E-state index contributed by atoms with van der Waals surface area (Å²) < 4.78 is 11.4. The fourth-order valence-corrected chi connectivity index (χ4v) is 3.10. The highest BCUT2D eigenvalue weighted by Gasteiger charge is 2.10. The normalized spacial score (nSPS) is 10.8. The molecule has 2 heteroatoms. The van der Waals surface area contributed by atoms with E-state index in [2.05, 4.69) is 51.3 Å². The van der Waals surface area contributed by atoms with Crippen molar-refractivity contribution in [2.45, 2.75) is 13.8 Å². The Hall–Kier alpha value is -2.74. The summed E-state index contributed by atoms with van der Waals surface area (Å²) in [5.74, 6) is 1.74. The molecule has 0 bridgehead atoms. The summed E-state index contributed by atoms with van der Waals surface area (Å²) in [6, 6.07) is 12.5. The van der Waals surface area contributed by atoms with E-state index >= 15 is 0 Å². The SMILES string of the molecule is C=CCOc1ccc2c(C)c3cc(OCC=C)ccc3c(C)c2c1. The van der Waals surface area contributed by atoms with Gasteiger partial charge in [-0.3, -0.25) is 0 Å². The molecular formula is C22H22O2. The van der Waals surface area contributed by atoms with Gasteiger partial charge in [0.15, 0.2) is 0 Å². The third-order valence-corrected chi connectivity index (χ3v) is 4.33. The predicted molar refractivity (Wildman–Crippen MR) is 102 cm³/mol. The van der Waals surface area contributed by atoms with Crippen LogP contribution in [0.4, 0.5) is 0 Å². The molecule has 0 amide bonds. The summed E-state index contributed by atoms with van der Waals surface area (Å²) in [4.78, 5) is 0. The monoisotopic (exact) mass is 318 g/mol. The summed E-state index contributed by atoms with van der Waals surface area (Å²) >= 11 is 0. The summed E-state index contributed by atoms with van der Waals surface area (Å²) in [5.41, 5.74) is 2.51. The van der Waals surface area contributed by atoms with Gasteiger partial charge in [0, 0.05) is 0 Å². The van der Waals surface area contributed by atoms with Crippen LogP contribution in [0, 0.1) is 13.8 Å². The molecule has 0 fully saturated rings. The van der Waals surface area contributed by atoms with E-state index < -0.39 is 0 Å². The lowest BCUT2D eigenvalue weighted by Gasteiger charge is -2.14. The highest BCUT2D eigenvalue weighted by atomic mass is 16.5. The van der Waals surface area contributed by atoms with Gasteiger partial charge in [-0.1, -0.05) is 37.4 Å². The molecule has 0 unspecified atom stereocenters. The zero-order chi connectivity index (χ0) is 17.1. The molecular weight excluding hydrogens is 296 g/mol. The average molecular weight is 318 g/mol. The minimum absolute atomic E-state index is 0.515. The maximum absolute atomic E-state index is 5.69. The number of rotatable bonds is 6. The molecule has 3 aromatic carbocycles. The lowest BCUT2D eigenvalue weighted by atomic mass is 9.93. The molecule has 0 saturated carbocycles. The molecule has 0 heterocycles. The first-order valence-corrected chi connectivity index (χ1v) is 8.09. The molecule has 24 heavy (non-hydrogen) atoms. The van der Waals surface area contributed by atoms with Gasteiger partial charge in [0.05, 0.1) is 0 Å². The highest BCUT2D eigenvalue weighted by molar-refractivity contribution is 6.06. The van der Waals surface area contributed by atoms with E-state index in [1.54, 1.807) is 12.2 Å². The zero-order valence-corrected chi connectivity index (χ0v) is 14.3. The molecule has 3 rings (SSSR count). The van der Waals surface area contributed by atoms with Gasteiger partial charge in [-0.05, 0) is 70.8 Å². The molecule has 2 nitrogen and oxygen atoms in total. The second-order valence-electron chi connectivity index (χ2n) is 5.86. The van der Waals surface area contributed by atoms with Crippen molar-refractivity contribution >= 4 is 21.5 Å². The number of fused-ring (bicyclic) bond motifs is 2. The van der Waals surface area contributed by atoms with Crippen LogP contribution in [-0.4, -0.2) is 13.2 Å². The van der Waals surface area contributed by atoms with E-state index in [0.717, 1.165) is 11.5 Å². The van der Waals surface area contributed by atoms with E-state index in [-0.39, 0.29) is 0 Å². The molecule has 0 radical (unpaired) electrons.